The second-order valence-electron chi connectivity index (χ2n) is 4.81. The molecule has 0 spiro atoms. The Labute approximate surface area is 130 Å². The van der Waals surface area contributed by atoms with Crippen molar-refractivity contribution in [3.63, 3.8) is 0 Å². The molecule has 1 unspecified atom stereocenters. The Kier molecular flexibility index (Phi) is 5.00. The van der Waals surface area contributed by atoms with Crippen LogP contribution in [0, 0.1) is 0 Å². The lowest BCUT2D eigenvalue weighted by molar-refractivity contribution is 0.581. The SMILES string of the molecule is CC(N)c1ccc(S(=O)(=O)NCc2ccc(Cl)cc2)cc1. The maximum Gasteiger partial charge on any atom is 0.240 e. The summed E-state index contributed by atoms with van der Waals surface area (Å²) in [6.07, 6.45) is 0. The van der Waals surface area contributed by atoms with Crippen LogP contribution in [0.15, 0.2) is 53.4 Å². The van der Waals surface area contributed by atoms with Crippen molar-refractivity contribution in [1.29, 1.82) is 0 Å². The van der Waals surface area contributed by atoms with Gasteiger partial charge in [0.2, 0.25) is 10.0 Å². The first-order valence-electron chi connectivity index (χ1n) is 6.48. The molecule has 0 aliphatic rings. The number of hydrogen-bond acceptors (Lipinski definition) is 3. The zero-order chi connectivity index (χ0) is 15.5. The van der Waals surface area contributed by atoms with Crippen LogP contribution in [0.4, 0.5) is 0 Å². The van der Waals surface area contributed by atoms with Gasteiger partial charge in [-0.15, -0.1) is 0 Å². The summed E-state index contributed by atoms with van der Waals surface area (Å²) in [6.45, 7) is 2.07. The summed E-state index contributed by atoms with van der Waals surface area (Å²) in [5.41, 5.74) is 7.48. The first kappa shape index (κ1) is 16.0. The molecule has 0 saturated heterocycles. The summed E-state index contributed by atoms with van der Waals surface area (Å²) in [5, 5.41) is 0.619. The van der Waals surface area contributed by atoms with Crippen molar-refractivity contribution in [3.05, 3.63) is 64.7 Å². The van der Waals surface area contributed by atoms with Crippen molar-refractivity contribution in [2.24, 2.45) is 5.73 Å². The minimum absolute atomic E-state index is 0.121. The third-order valence-electron chi connectivity index (χ3n) is 3.10. The minimum Gasteiger partial charge on any atom is -0.324 e. The molecule has 112 valence electrons. The third kappa shape index (κ3) is 4.28. The molecule has 0 radical (unpaired) electrons. The summed E-state index contributed by atoms with van der Waals surface area (Å²) in [7, 11) is -3.53. The summed E-state index contributed by atoms with van der Waals surface area (Å²) in [4.78, 5) is 0.223. The molecule has 2 aromatic carbocycles. The van der Waals surface area contributed by atoms with E-state index in [1.165, 1.54) is 0 Å². The topological polar surface area (TPSA) is 72.2 Å². The van der Waals surface area contributed by atoms with E-state index in [2.05, 4.69) is 4.72 Å². The number of sulfonamides is 1. The fourth-order valence-electron chi connectivity index (χ4n) is 1.81. The van der Waals surface area contributed by atoms with Crippen LogP contribution in [0.1, 0.15) is 24.1 Å². The maximum atomic E-state index is 12.2. The molecule has 2 rings (SSSR count). The first-order chi connectivity index (χ1) is 9.88. The number of rotatable bonds is 5. The zero-order valence-corrected chi connectivity index (χ0v) is 13.2. The van der Waals surface area contributed by atoms with E-state index in [0.29, 0.717) is 5.02 Å². The molecule has 0 aliphatic heterocycles. The van der Waals surface area contributed by atoms with E-state index in [4.69, 9.17) is 17.3 Å². The van der Waals surface area contributed by atoms with Crippen LogP contribution in [-0.2, 0) is 16.6 Å². The quantitative estimate of drug-likeness (QED) is 0.888. The minimum atomic E-state index is -3.53. The van der Waals surface area contributed by atoms with Crippen LogP contribution in [0.2, 0.25) is 5.02 Å². The van der Waals surface area contributed by atoms with Gasteiger partial charge in [-0.3, -0.25) is 0 Å². The fraction of sp³-hybridized carbons (Fsp3) is 0.200. The smallest absolute Gasteiger partial charge is 0.240 e. The molecule has 2 aromatic rings. The molecule has 0 saturated carbocycles. The molecule has 0 bridgehead atoms. The second-order valence-corrected chi connectivity index (χ2v) is 7.01. The number of benzene rings is 2. The average Bonchev–Trinajstić information content (AvgIpc) is 2.47. The van der Waals surface area contributed by atoms with E-state index in [9.17, 15) is 8.42 Å². The zero-order valence-electron chi connectivity index (χ0n) is 11.6. The molecule has 0 amide bonds. The Morgan fingerprint density at radius 1 is 1.10 bits per heavy atom. The number of nitrogens with two attached hydrogens (primary N) is 1. The van der Waals surface area contributed by atoms with Crippen molar-refractivity contribution in [2.75, 3.05) is 0 Å². The summed E-state index contributed by atoms with van der Waals surface area (Å²) in [6, 6.07) is 13.5. The standard InChI is InChI=1S/C15H17ClN2O2S/c1-11(17)13-4-8-15(9-5-13)21(19,20)18-10-12-2-6-14(16)7-3-12/h2-9,11,18H,10,17H2,1H3. The van der Waals surface area contributed by atoms with E-state index in [1.54, 1.807) is 48.5 Å². The Morgan fingerprint density at radius 2 is 1.67 bits per heavy atom. The Balaban J connectivity index is 2.09. The van der Waals surface area contributed by atoms with Gasteiger partial charge in [-0.1, -0.05) is 35.9 Å². The highest BCUT2D eigenvalue weighted by Gasteiger charge is 2.13. The van der Waals surface area contributed by atoms with E-state index >= 15 is 0 Å². The molecular formula is C15H17ClN2O2S. The van der Waals surface area contributed by atoms with E-state index in [1.807, 2.05) is 6.92 Å². The van der Waals surface area contributed by atoms with Crippen LogP contribution >= 0.6 is 11.6 Å². The number of hydrogen-bond donors (Lipinski definition) is 2. The average molecular weight is 325 g/mol. The maximum absolute atomic E-state index is 12.2. The van der Waals surface area contributed by atoms with E-state index < -0.39 is 10.0 Å². The molecule has 0 fully saturated rings. The predicted octanol–water partition coefficient (Wildman–Crippen LogP) is 2.84. The highest BCUT2D eigenvalue weighted by Crippen LogP contribution is 2.15. The molecular weight excluding hydrogens is 308 g/mol. The van der Waals surface area contributed by atoms with Crippen molar-refractivity contribution in [1.82, 2.24) is 4.72 Å². The van der Waals surface area contributed by atoms with Crippen LogP contribution < -0.4 is 10.5 Å². The van der Waals surface area contributed by atoms with Crippen LogP contribution in [0.25, 0.3) is 0 Å². The first-order valence-corrected chi connectivity index (χ1v) is 8.34. The lowest BCUT2D eigenvalue weighted by Crippen LogP contribution is -2.23. The second kappa shape index (κ2) is 6.58. The van der Waals surface area contributed by atoms with Gasteiger partial charge in [0, 0.05) is 17.6 Å². The Hall–Kier alpha value is -1.40. The van der Waals surface area contributed by atoms with Crippen LogP contribution in [0.5, 0.6) is 0 Å². The molecule has 0 aliphatic carbocycles. The van der Waals surface area contributed by atoms with Crippen LogP contribution in [-0.4, -0.2) is 8.42 Å². The third-order valence-corrected chi connectivity index (χ3v) is 4.76. The number of halogens is 1. The van der Waals surface area contributed by atoms with Gasteiger partial charge in [0.15, 0.2) is 0 Å². The lowest BCUT2D eigenvalue weighted by atomic mass is 10.1. The van der Waals surface area contributed by atoms with Gasteiger partial charge in [-0.2, -0.15) is 0 Å². The van der Waals surface area contributed by atoms with Gasteiger partial charge < -0.3 is 5.73 Å². The van der Waals surface area contributed by atoms with Crippen molar-refractivity contribution >= 4 is 21.6 Å². The van der Waals surface area contributed by atoms with Gasteiger partial charge in [0.25, 0.3) is 0 Å². The molecule has 1 atom stereocenters. The molecule has 3 N–H and O–H groups in total. The highest BCUT2D eigenvalue weighted by atomic mass is 35.5. The summed E-state index contributed by atoms with van der Waals surface area (Å²) in [5.74, 6) is 0. The van der Waals surface area contributed by atoms with Gasteiger partial charge in [-0.05, 0) is 42.3 Å². The Morgan fingerprint density at radius 3 is 2.19 bits per heavy atom. The fourth-order valence-corrected chi connectivity index (χ4v) is 2.96. The normalized spacial score (nSPS) is 13.1. The summed E-state index contributed by atoms with van der Waals surface area (Å²) < 4.78 is 26.9. The largest absolute Gasteiger partial charge is 0.324 e. The monoisotopic (exact) mass is 324 g/mol. The van der Waals surface area contributed by atoms with E-state index in [0.717, 1.165) is 11.1 Å². The molecule has 21 heavy (non-hydrogen) atoms. The van der Waals surface area contributed by atoms with Crippen molar-refractivity contribution < 1.29 is 8.42 Å². The lowest BCUT2D eigenvalue weighted by Gasteiger charge is -2.09. The molecule has 4 nitrogen and oxygen atoms in total. The number of nitrogens with one attached hydrogen (secondary N) is 1. The van der Waals surface area contributed by atoms with Gasteiger partial charge >= 0.3 is 0 Å². The van der Waals surface area contributed by atoms with Gasteiger partial charge in [0.05, 0.1) is 4.90 Å². The van der Waals surface area contributed by atoms with Crippen molar-refractivity contribution in [3.8, 4) is 0 Å². The molecule has 0 aromatic heterocycles. The highest BCUT2D eigenvalue weighted by molar-refractivity contribution is 7.89. The van der Waals surface area contributed by atoms with Gasteiger partial charge in [0.1, 0.15) is 0 Å². The molecule has 0 heterocycles. The predicted molar refractivity (Wildman–Crippen MR) is 84.5 cm³/mol. The van der Waals surface area contributed by atoms with Crippen LogP contribution in [0.3, 0.4) is 0 Å². The van der Waals surface area contributed by atoms with E-state index in [-0.39, 0.29) is 17.5 Å². The van der Waals surface area contributed by atoms with Crippen molar-refractivity contribution in [2.45, 2.75) is 24.4 Å². The van der Waals surface area contributed by atoms with Gasteiger partial charge in [-0.25, -0.2) is 13.1 Å². The Bertz CT molecular complexity index is 695. The summed E-state index contributed by atoms with van der Waals surface area (Å²) >= 11 is 5.79. The molecule has 6 heteroatoms.